The second kappa shape index (κ2) is 11.4. The van der Waals surface area contributed by atoms with E-state index >= 15 is 0 Å². The van der Waals surface area contributed by atoms with Gasteiger partial charge in [-0.25, -0.2) is 9.59 Å². The van der Waals surface area contributed by atoms with E-state index in [0.717, 1.165) is 4.90 Å². The molecule has 0 saturated heterocycles. The molecule has 0 saturated carbocycles. The summed E-state index contributed by atoms with van der Waals surface area (Å²) in [6.45, 7) is 1.77. The summed E-state index contributed by atoms with van der Waals surface area (Å²) >= 11 is 6.46. The van der Waals surface area contributed by atoms with E-state index in [2.05, 4.69) is 5.32 Å². The van der Waals surface area contributed by atoms with Gasteiger partial charge >= 0.3 is 11.9 Å². The maximum absolute atomic E-state index is 13.1. The average molecular weight is 525 g/mol. The van der Waals surface area contributed by atoms with Crippen LogP contribution >= 0.6 is 11.6 Å². The number of halogens is 1. The number of dihydropyridines is 1. The Hall–Kier alpha value is -3.95. The zero-order valence-corrected chi connectivity index (χ0v) is 21.0. The van der Waals surface area contributed by atoms with Gasteiger partial charge in [0.1, 0.15) is 0 Å². The number of fused-ring (bicyclic) bond motifs is 1. The minimum Gasteiger partial charge on any atom is -0.466 e. The van der Waals surface area contributed by atoms with Gasteiger partial charge in [0.2, 0.25) is 0 Å². The van der Waals surface area contributed by atoms with Crippen molar-refractivity contribution in [1.82, 2.24) is 10.2 Å². The lowest BCUT2D eigenvalue weighted by molar-refractivity contribution is -0.139. The first-order valence-electron chi connectivity index (χ1n) is 11.6. The molecule has 0 unspecified atom stereocenters. The second-order valence-corrected chi connectivity index (χ2v) is 8.57. The predicted octanol–water partition coefficient (Wildman–Crippen LogP) is 3.21. The maximum atomic E-state index is 13.1. The van der Waals surface area contributed by atoms with Crippen molar-refractivity contribution < 1.29 is 33.4 Å². The minimum atomic E-state index is -0.865. The van der Waals surface area contributed by atoms with Crippen LogP contribution in [0.15, 0.2) is 71.6 Å². The Morgan fingerprint density at radius 1 is 1.00 bits per heavy atom. The molecule has 2 aromatic carbocycles. The Kier molecular flexibility index (Phi) is 8.05. The molecule has 4 rings (SSSR count). The highest BCUT2D eigenvalue weighted by Gasteiger charge is 2.38. The topological polar surface area (TPSA) is 111 Å². The van der Waals surface area contributed by atoms with Gasteiger partial charge in [-0.2, -0.15) is 0 Å². The molecule has 2 amide bonds. The molecule has 0 fully saturated rings. The molecule has 1 N–H and O–H groups in total. The minimum absolute atomic E-state index is 0.0249. The number of carbonyl (C=O) groups is 4. The third-order valence-electron chi connectivity index (χ3n) is 6.04. The molecule has 2 heterocycles. The fraction of sp³-hybridized carbons (Fsp3) is 0.259. The quantitative estimate of drug-likeness (QED) is 0.302. The molecular weight excluding hydrogens is 500 g/mol. The summed E-state index contributed by atoms with van der Waals surface area (Å²) in [5, 5.41) is 3.31. The van der Waals surface area contributed by atoms with Gasteiger partial charge in [0.25, 0.3) is 11.8 Å². The number of rotatable bonds is 9. The summed E-state index contributed by atoms with van der Waals surface area (Å²) in [5.74, 6) is -2.90. The number of amides is 2. The first kappa shape index (κ1) is 26.1. The molecule has 192 valence electrons. The summed E-state index contributed by atoms with van der Waals surface area (Å²) in [6.07, 6.45) is 1.45. The lowest BCUT2D eigenvalue weighted by Gasteiger charge is -2.29. The summed E-state index contributed by atoms with van der Waals surface area (Å²) in [6, 6.07) is 13.5. The highest BCUT2D eigenvalue weighted by molar-refractivity contribution is 6.31. The van der Waals surface area contributed by atoms with Gasteiger partial charge < -0.3 is 19.5 Å². The van der Waals surface area contributed by atoms with Crippen molar-refractivity contribution in [2.45, 2.75) is 12.8 Å². The van der Waals surface area contributed by atoms with Crippen LogP contribution < -0.4 is 5.32 Å². The number of hydrogen-bond acceptors (Lipinski definition) is 8. The van der Waals surface area contributed by atoms with Gasteiger partial charge in [0, 0.05) is 11.2 Å². The third-order valence-corrected chi connectivity index (χ3v) is 6.39. The van der Waals surface area contributed by atoms with Crippen LogP contribution in [0.1, 0.15) is 39.1 Å². The van der Waals surface area contributed by atoms with E-state index in [0.29, 0.717) is 27.4 Å². The molecule has 9 nitrogen and oxygen atoms in total. The van der Waals surface area contributed by atoms with Crippen LogP contribution in [0.25, 0.3) is 0 Å². The Bertz CT molecular complexity index is 1280. The van der Waals surface area contributed by atoms with Crippen LogP contribution in [0, 0.1) is 0 Å². The lowest BCUT2D eigenvalue weighted by Crippen LogP contribution is -2.34. The number of imide groups is 1. The van der Waals surface area contributed by atoms with Crippen molar-refractivity contribution >= 4 is 35.4 Å². The molecule has 0 radical (unpaired) electrons. The molecule has 2 aliphatic heterocycles. The van der Waals surface area contributed by atoms with Crippen LogP contribution in [0.4, 0.5) is 0 Å². The second-order valence-electron chi connectivity index (χ2n) is 8.16. The van der Waals surface area contributed by atoms with Crippen LogP contribution in [0.5, 0.6) is 0 Å². The van der Waals surface area contributed by atoms with Gasteiger partial charge in [-0.3, -0.25) is 14.5 Å². The van der Waals surface area contributed by atoms with E-state index in [1.807, 2.05) is 0 Å². The van der Waals surface area contributed by atoms with Crippen molar-refractivity contribution in [3.05, 3.63) is 93.3 Å². The molecule has 37 heavy (non-hydrogen) atoms. The van der Waals surface area contributed by atoms with Gasteiger partial charge in [0.15, 0.2) is 0 Å². The molecule has 2 aromatic rings. The van der Waals surface area contributed by atoms with Crippen LogP contribution in [0.2, 0.25) is 5.02 Å². The molecule has 0 aliphatic carbocycles. The van der Waals surface area contributed by atoms with Crippen LogP contribution in [0.3, 0.4) is 0 Å². The van der Waals surface area contributed by atoms with Crippen molar-refractivity contribution in [2.75, 3.05) is 33.5 Å². The van der Waals surface area contributed by atoms with Gasteiger partial charge in [-0.15, -0.1) is 0 Å². The normalized spacial score (nSPS) is 16.8. The third kappa shape index (κ3) is 5.14. The Balaban J connectivity index is 1.57. The molecule has 0 spiro atoms. The van der Waals surface area contributed by atoms with Crippen molar-refractivity contribution in [1.29, 1.82) is 0 Å². The number of methoxy groups -OCH3 is 1. The van der Waals surface area contributed by atoms with Gasteiger partial charge in [-0.05, 0) is 30.7 Å². The van der Waals surface area contributed by atoms with Crippen molar-refractivity contribution in [3.8, 4) is 0 Å². The van der Waals surface area contributed by atoms with Crippen LogP contribution in [-0.4, -0.2) is 62.1 Å². The van der Waals surface area contributed by atoms with E-state index in [1.54, 1.807) is 55.5 Å². The Labute approximate surface area is 218 Å². The van der Waals surface area contributed by atoms with E-state index in [-0.39, 0.29) is 49.3 Å². The number of ether oxygens (including phenoxy) is 3. The first-order chi connectivity index (χ1) is 17.9. The van der Waals surface area contributed by atoms with E-state index in [9.17, 15) is 19.2 Å². The van der Waals surface area contributed by atoms with E-state index < -0.39 is 17.9 Å². The standard InChI is InChI=1S/C27H25ClN2O7/c1-3-37-27(34)23-21(15-36-13-12-30-24(31)16-8-4-5-9-17(16)25(30)32)29-14-19(26(33)35-2)22(23)18-10-6-7-11-20(18)28/h4-11,14,22,29H,3,12-13,15H2,1-2H3/t22-/m0/s1. The number of hydrogen-bond donors (Lipinski definition) is 1. The highest BCUT2D eigenvalue weighted by atomic mass is 35.5. The number of carbonyl (C=O) groups excluding carboxylic acids is 4. The molecule has 0 aromatic heterocycles. The lowest BCUT2D eigenvalue weighted by atomic mass is 9.82. The molecule has 10 heteroatoms. The number of nitrogens with zero attached hydrogens (tertiary/aromatic N) is 1. The zero-order chi connectivity index (χ0) is 26.5. The summed E-state index contributed by atoms with van der Waals surface area (Å²) in [4.78, 5) is 52.0. The monoisotopic (exact) mass is 524 g/mol. The molecule has 0 bridgehead atoms. The zero-order valence-electron chi connectivity index (χ0n) is 20.3. The molecule has 2 aliphatic rings. The van der Waals surface area contributed by atoms with E-state index in [1.165, 1.54) is 13.3 Å². The first-order valence-corrected chi connectivity index (χ1v) is 12.0. The maximum Gasteiger partial charge on any atom is 0.336 e. The average Bonchev–Trinajstić information content (AvgIpc) is 3.15. The largest absolute Gasteiger partial charge is 0.466 e. The Morgan fingerprint density at radius 3 is 2.27 bits per heavy atom. The number of nitrogens with one attached hydrogen (secondary N) is 1. The summed E-state index contributed by atoms with van der Waals surface area (Å²) in [7, 11) is 1.25. The van der Waals surface area contributed by atoms with Crippen LogP contribution in [-0.2, 0) is 23.8 Å². The SMILES string of the molecule is CCOC(=O)C1=C(COCCN2C(=O)c3ccccc3C2=O)NC=C(C(=O)OC)[C@@H]1c1ccccc1Cl. The molecule has 1 atom stereocenters. The Morgan fingerprint density at radius 2 is 1.65 bits per heavy atom. The number of esters is 2. The van der Waals surface area contributed by atoms with E-state index in [4.69, 9.17) is 25.8 Å². The summed E-state index contributed by atoms with van der Waals surface area (Å²) < 4.78 is 16.0. The van der Waals surface area contributed by atoms with Crippen molar-refractivity contribution in [3.63, 3.8) is 0 Å². The highest BCUT2D eigenvalue weighted by Crippen LogP contribution is 2.40. The fourth-order valence-corrected chi connectivity index (χ4v) is 4.57. The van der Waals surface area contributed by atoms with Gasteiger partial charge in [0.05, 0.1) is 67.4 Å². The predicted molar refractivity (Wildman–Crippen MR) is 134 cm³/mol. The number of benzene rings is 2. The van der Waals surface area contributed by atoms with Crippen molar-refractivity contribution in [2.24, 2.45) is 0 Å². The smallest absolute Gasteiger partial charge is 0.336 e. The molecular formula is C27H25ClN2O7. The fourth-order valence-electron chi connectivity index (χ4n) is 4.32. The van der Waals surface area contributed by atoms with Gasteiger partial charge in [-0.1, -0.05) is 41.9 Å². The summed E-state index contributed by atoms with van der Waals surface area (Å²) in [5.41, 5.74) is 1.92.